The number of carbonyl (C=O) groups is 3. The van der Waals surface area contributed by atoms with E-state index in [4.69, 9.17) is 26.2 Å². The number of carbonyl (C=O) groups excluding carboxylic acids is 3. The second kappa shape index (κ2) is 10.2. The highest BCUT2D eigenvalue weighted by atomic mass is 35.5. The highest BCUT2D eigenvalue weighted by molar-refractivity contribution is 6.34. The molecule has 1 atom stereocenters. The second-order valence-electron chi connectivity index (χ2n) is 11.2. The highest BCUT2D eigenvalue weighted by Gasteiger charge is 2.32. The van der Waals surface area contributed by atoms with E-state index >= 15 is 0 Å². The van der Waals surface area contributed by atoms with Crippen LogP contribution in [-0.2, 0) is 27.3 Å². The molecule has 0 bridgehead atoms. The summed E-state index contributed by atoms with van der Waals surface area (Å²) >= 11 is 6.41. The molecule has 1 saturated heterocycles. The van der Waals surface area contributed by atoms with Gasteiger partial charge in [0.1, 0.15) is 23.5 Å². The Morgan fingerprint density at radius 2 is 1.97 bits per heavy atom. The third-order valence-corrected chi connectivity index (χ3v) is 7.42. The molecule has 0 spiro atoms. The highest BCUT2D eigenvalue weighted by Crippen LogP contribution is 2.34. The summed E-state index contributed by atoms with van der Waals surface area (Å²) in [5.74, 6) is -0.139. The van der Waals surface area contributed by atoms with Crippen molar-refractivity contribution in [2.75, 3.05) is 33.3 Å². The standard InChI is InChI=1S/C27H33ClN6O5/c1-16-20-6-7-32(26(37)39-27(2,3)4)8-9-33(20)30-24(16)18-10-22(25-19(28)12-29-34(25)14-18)38-15-21(35)17-11-23(36)31(5)13-17/h10,12,14,17H,6-9,11,13,15H2,1-5H3. The third kappa shape index (κ3) is 5.45. The first kappa shape index (κ1) is 27.0. The minimum absolute atomic E-state index is 0.0409. The van der Waals surface area contributed by atoms with Gasteiger partial charge in [0.05, 0.1) is 23.5 Å². The Bertz CT molecular complexity index is 1450. The van der Waals surface area contributed by atoms with Crippen LogP contribution in [0.5, 0.6) is 5.75 Å². The molecule has 3 aromatic rings. The zero-order valence-corrected chi connectivity index (χ0v) is 23.6. The van der Waals surface area contributed by atoms with Crippen molar-refractivity contribution >= 4 is 34.9 Å². The van der Waals surface area contributed by atoms with Gasteiger partial charge in [-0.2, -0.15) is 10.2 Å². The lowest BCUT2D eigenvalue weighted by Crippen LogP contribution is -2.38. The molecule has 2 aliphatic rings. The van der Waals surface area contributed by atoms with E-state index in [1.807, 2.05) is 44.6 Å². The number of hydrogen-bond acceptors (Lipinski definition) is 7. The van der Waals surface area contributed by atoms with Gasteiger partial charge in [0.2, 0.25) is 5.91 Å². The average Bonchev–Trinajstić information content (AvgIpc) is 3.45. The van der Waals surface area contributed by atoms with E-state index in [9.17, 15) is 14.4 Å². The first-order valence-corrected chi connectivity index (χ1v) is 13.4. The Kier molecular flexibility index (Phi) is 7.04. The fraction of sp³-hybridized carbons (Fsp3) is 0.519. The lowest BCUT2D eigenvalue weighted by molar-refractivity contribution is -0.128. The number of aromatic nitrogens is 4. The molecule has 1 unspecified atom stereocenters. The van der Waals surface area contributed by atoms with Crippen LogP contribution in [0.2, 0.25) is 5.02 Å². The molecule has 2 aliphatic heterocycles. The van der Waals surface area contributed by atoms with Gasteiger partial charge in [-0.1, -0.05) is 11.6 Å². The monoisotopic (exact) mass is 556 g/mol. The van der Waals surface area contributed by atoms with Gasteiger partial charge in [0, 0.05) is 62.9 Å². The molecule has 0 aromatic carbocycles. The van der Waals surface area contributed by atoms with Gasteiger partial charge in [-0.3, -0.25) is 14.3 Å². The molecule has 39 heavy (non-hydrogen) atoms. The fourth-order valence-electron chi connectivity index (χ4n) is 5.07. The third-order valence-electron chi connectivity index (χ3n) is 7.14. The number of Topliss-reactive ketones (excluding diaryl/α,β-unsaturated/α-hetero) is 1. The second-order valence-corrected chi connectivity index (χ2v) is 11.6. The normalized spacial score (nSPS) is 17.9. The van der Waals surface area contributed by atoms with Crippen LogP contribution in [0.4, 0.5) is 4.79 Å². The zero-order chi connectivity index (χ0) is 28.1. The molecule has 208 valence electrons. The molecule has 5 rings (SSSR count). The Morgan fingerprint density at radius 3 is 2.67 bits per heavy atom. The maximum atomic E-state index is 12.8. The SMILES string of the molecule is Cc1c(-c2cc(OCC(=O)C3CC(=O)N(C)C3)c3c(Cl)cnn3c2)nn2c1CCN(C(=O)OC(C)(C)C)CC2. The summed E-state index contributed by atoms with van der Waals surface area (Å²) < 4.78 is 15.1. The first-order chi connectivity index (χ1) is 18.4. The Labute approximate surface area is 231 Å². The molecule has 2 amide bonds. The molecular formula is C27H33ClN6O5. The van der Waals surface area contributed by atoms with Crippen molar-refractivity contribution in [2.45, 2.75) is 52.7 Å². The van der Waals surface area contributed by atoms with Gasteiger partial charge in [-0.25, -0.2) is 9.31 Å². The molecule has 0 saturated carbocycles. The largest absolute Gasteiger partial charge is 0.483 e. The van der Waals surface area contributed by atoms with Crippen LogP contribution in [0.3, 0.4) is 0 Å². The summed E-state index contributed by atoms with van der Waals surface area (Å²) in [6.45, 7) is 9.37. The Morgan fingerprint density at radius 1 is 1.21 bits per heavy atom. The number of pyridine rings is 1. The summed E-state index contributed by atoms with van der Waals surface area (Å²) in [4.78, 5) is 40.5. The molecule has 11 nitrogen and oxygen atoms in total. The van der Waals surface area contributed by atoms with Crippen molar-refractivity contribution in [2.24, 2.45) is 5.92 Å². The minimum atomic E-state index is -0.552. The van der Waals surface area contributed by atoms with E-state index < -0.39 is 5.60 Å². The van der Waals surface area contributed by atoms with Crippen molar-refractivity contribution < 1.29 is 23.9 Å². The maximum Gasteiger partial charge on any atom is 0.410 e. The van der Waals surface area contributed by atoms with Crippen LogP contribution in [-0.4, -0.2) is 85.9 Å². The summed E-state index contributed by atoms with van der Waals surface area (Å²) in [5, 5.41) is 9.63. The summed E-state index contributed by atoms with van der Waals surface area (Å²) in [6.07, 6.45) is 3.88. The summed E-state index contributed by atoms with van der Waals surface area (Å²) in [5.41, 5.74) is 3.57. The van der Waals surface area contributed by atoms with E-state index in [-0.39, 0.29) is 36.7 Å². The van der Waals surface area contributed by atoms with Gasteiger partial charge >= 0.3 is 6.09 Å². The number of nitrogens with zero attached hydrogens (tertiary/aromatic N) is 6. The molecule has 5 heterocycles. The lowest BCUT2D eigenvalue weighted by Gasteiger charge is -2.26. The van der Waals surface area contributed by atoms with Crippen LogP contribution in [0.25, 0.3) is 16.8 Å². The fourth-order valence-corrected chi connectivity index (χ4v) is 5.30. The van der Waals surface area contributed by atoms with E-state index in [1.165, 1.54) is 6.20 Å². The Balaban J connectivity index is 1.38. The molecule has 0 aliphatic carbocycles. The van der Waals surface area contributed by atoms with Crippen molar-refractivity contribution in [1.29, 1.82) is 0 Å². The van der Waals surface area contributed by atoms with Crippen LogP contribution < -0.4 is 4.74 Å². The van der Waals surface area contributed by atoms with Crippen molar-refractivity contribution in [1.82, 2.24) is 29.2 Å². The first-order valence-electron chi connectivity index (χ1n) is 13.0. The molecule has 3 aromatic heterocycles. The van der Waals surface area contributed by atoms with Gasteiger partial charge in [0.15, 0.2) is 5.78 Å². The van der Waals surface area contributed by atoms with E-state index in [0.29, 0.717) is 48.9 Å². The number of ether oxygens (including phenoxy) is 2. The summed E-state index contributed by atoms with van der Waals surface area (Å²) in [7, 11) is 1.69. The van der Waals surface area contributed by atoms with Crippen LogP contribution >= 0.6 is 11.6 Å². The number of likely N-dealkylation sites (tertiary alicyclic amines) is 1. The number of fused-ring (bicyclic) bond motifs is 2. The predicted octanol–water partition coefficient (Wildman–Crippen LogP) is 3.38. The lowest BCUT2D eigenvalue weighted by atomic mass is 10.0. The van der Waals surface area contributed by atoms with Gasteiger partial charge in [-0.15, -0.1) is 0 Å². The van der Waals surface area contributed by atoms with Gasteiger partial charge < -0.3 is 19.3 Å². The van der Waals surface area contributed by atoms with Crippen molar-refractivity contribution in [3.05, 3.63) is 34.7 Å². The van der Waals surface area contributed by atoms with Crippen LogP contribution in [0.15, 0.2) is 18.5 Å². The number of hydrogen-bond donors (Lipinski definition) is 0. The smallest absolute Gasteiger partial charge is 0.410 e. The number of amides is 2. The van der Waals surface area contributed by atoms with Gasteiger partial charge in [0.25, 0.3) is 0 Å². The van der Waals surface area contributed by atoms with Crippen molar-refractivity contribution in [3.8, 4) is 17.0 Å². The molecule has 0 N–H and O–H groups in total. The van der Waals surface area contributed by atoms with E-state index in [1.54, 1.807) is 21.4 Å². The van der Waals surface area contributed by atoms with Crippen molar-refractivity contribution in [3.63, 3.8) is 0 Å². The predicted molar refractivity (Wildman–Crippen MR) is 144 cm³/mol. The van der Waals surface area contributed by atoms with E-state index in [2.05, 4.69) is 5.10 Å². The molecule has 12 heteroatoms. The number of ketones is 1. The van der Waals surface area contributed by atoms with Gasteiger partial charge in [-0.05, 0) is 39.3 Å². The molecular weight excluding hydrogens is 524 g/mol. The maximum absolute atomic E-state index is 12.8. The quantitative estimate of drug-likeness (QED) is 0.473. The number of halogens is 1. The minimum Gasteiger partial charge on any atom is -0.483 e. The topological polar surface area (TPSA) is 111 Å². The molecule has 1 fully saturated rings. The number of rotatable bonds is 5. The average molecular weight is 557 g/mol. The molecule has 0 radical (unpaired) electrons. The van der Waals surface area contributed by atoms with Crippen LogP contribution in [0.1, 0.15) is 38.4 Å². The van der Waals surface area contributed by atoms with Crippen LogP contribution in [0, 0.1) is 12.8 Å². The van der Waals surface area contributed by atoms with E-state index in [0.717, 1.165) is 22.5 Å². The zero-order valence-electron chi connectivity index (χ0n) is 22.9. The Hall–Kier alpha value is -3.60. The summed E-state index contributed by atoms with van der Waals surface area (Å²) in [6, 6.07) is 1.82.